The summed E-state index contributed by atoms with van der Waals surface area (Å²) in [6.07, 6.45) is -0.0169. The maximum absolute atomic E-state index is 14.3. The van der Waals surface area contributed by atoms with Crippen molar-refractivity contribution in [1.82, 2.24) is 20.2 Å². The van der Waals surface area contributed by atoms with E-state index in [1.165, 1.54) is 22.9 Å². The van der Waals surface area contributed by atoms with Gasteiger partial charge in [-0.15, -0.1) is 0 Å². The number of urea groups is 1. The average Bonchev–Trinajstić information content (AvgIpc) is 3.64. The number of amides is 3. The molecule has 3 amide bonds. The van der Waals surface area contributed by atoms with Gasteiger partial charge in [0, 0.05) is 18.7 Å². The molecule has 1 aromatic heterocycles. The summed E-state index contributed by atoms with van der Waals surface area (Å²) in [6, 6.07) is 10.6. The van der Waals surface area contributed by atoms with Gasteiger partial charge in [0.25, 0.3) is 5.56 Å². The number of nitrogens with one attached hydrogen (secondary N) is 4. The van der Waals surface area contributed by atoms with Crippen molar-refractivity contribution < 1.29 is 32.1 Å². The van der Waals surface area contributed by atoms with Crippen molar-refractivity contribution in [3.63, 3.8) is 0 Å². The van der Waals surface area contributed by atoms with E-state index >= 15 is 0 Å². The molecule has 3 aliphatic carbocycles. The third-order valence-corrected chi connectivity index (χ3v) is 12.4. The number of hydrogen-bond acceptors (Lipinski definition) is 7. The zero-order chi connectivity index (χ0) is 38.8. The molecule has 3 saturated carbocycles. The topological polar surface area (TPSA) is 136 Å². The first-order chi connectivity index (χ1) is 25.5. The third-order valence-electron chi connectivity index (χ3n) is 12.4. The Bertz CT molecular complexity index is 1990. The molecule has 0 radical (unpaired) electrons. The fourth-order valence-corrected chi connectivity index (χ4v) is 9.02. The number of carbonyl (C=O) groups excluding carboxylic acids is 2. The van der Waals surface area contributed by atoms with Crippen molar-refractivity contribution in [2.45, 2.75) is 116 Å². The highest BCUT2D eigenvalue weighted by Crippen LogP contribution is 2.64. The molecule has 4 fully saturated rings. The van der Waals surface area contributed by atoms with Crippen molar-refractivity contribution in [2.24, 2.45) is 17.3 Å². The van der Waals surface area contributed by atoms with E-state index in [0.717, 1.165) is 37.0 Å². The molecule has 1 saturated heterocycles. The van der Waals surface area contributed by atoms with Crippen LogP contribution < -0.4 is 26.8 Å². The van der Waals surface area contributed by atoms with E-state index < -0.39 is 59.5 Å². The fraction of sp³-hybridized carbons (Fsp3) is 0.538. The second-order valence-electron chi connectivity index (χ2n) is 16.3. The summed E-state index contributed by atoms with van der Waals surface area (Å²) in [5.41, 5.74) is -0.996. The number of anilines is 2. The summed E-state index contributed by atoms with van der Waals surface area (Å²) < 4.78 is 54.5. The van der Waals surface area contributed by atoms with Gasteiger partial charge in [-0.2, -0.15) is 13.2 Å². The van der Waals surface area contributed by atoms with Crippen molar-refractivity contribution in [2.75, 3.05) is 10.6 Å². The molecule has 2 unspecified atom stereocenters. The molecule has 11 nitrogen and oxygen atoms in total. The first kappa shape index (κ1) is 37.9. The van der Waals surface area contributed by atoms with Crippen molar-refractivity contribution in [1.29, 1.82) is 0 Å². The number of carbonyl (C=O) groups is 2. The Balaban J connectivity index is 1.14. The van der Waals surface area contributed by atoms with E-state index in [9.17, 15) is 27.6 Å². The largest absolute Gasteiger partial charge is 0.481 e. The predicted octanol–water partition coefficient (Wildman–Crippen LogP) is 6.58. The normalized spacial score (nSPS) is 28.4. The van der Waals surface area contributed by atoms with Gasteiger partial charge < -0.3 is 30.6 Å². The van der Waals surface area contributed by atoms with Gasteiger partial charge >= 0.3 is 19.3 Å². The third kappa shape index (κ3) is 6.78. The van der Waals surface area contributed by atoms with Crippen LogP contribution in [0.2, 0.25) is 0 Å². The summed E-state index contributed by atoms with van der Waals surface area (Å²) in [5, 5.41) is 11.8. The minimum atomic E-state index is -4.52. The lowest BCUT2D eigenvalue weighted by Gasteiger charge is -2.63. The quantitative estimate of drug-likeness (QED) is 0.172. The van der Waals surface area contributed by atoms with Crippen LogP contribution in [0.25, 0.3) is 0 Å². The summed E-state index contributed by atoms with van der Waals surface area (Å²) in [4.78, 5) is 46.5. The molecule has 54 heavy (non-hydrogen) atoms. The molecular weight excluding hydrogens is 700 g/mol. The summed E-state index contributed by atoms with van der Waals surface area (Å²) >= 11 is 0. The molecule has 8 rings (SSSR count). The monoisotopic (exact) mass is 748 g/mol. The lowest BCUT2D eigenvalue weighted by Crippen LogP contribution is -2.63. The van der Waals surface area contributed by atoms with Gasteiger partial charge in [0.1, 0.15) is 17.6 Å². The minimum absolute atomic E-state index is 0.00143. The van der Waals surface area contributed by atoms with Gasteiger partial charge in [0.05, 0.1) is 34.9 Å². The van der Waals surface area contributed by atoms with Crippen LogP contribution in [0, 0.1) is 17.3 Å². The summed E-state index contributed by atoms with van der Waals surface area (Å²) in [5.74, 6) is 0.0687. The standard InChI is InChI=1S/C39H48BF3N6O5/c1-7-22-12-14-26(15-13-22)46-35(52)48-37(5)19-29(32(50)47-30(8-2)40-53-31-27-17-25(36(27,3)4)18-38(31,6)54-40)49-33(51)28(21-45-34(37)49)44-20-23-10-9-11-24(16-23)39(41,42)43/h9-16,21,25,27,29-31,44H,7-8,17-20H2,1-6H3,(H,47,50)(H2,46,48,52)/t25?,27?,29-,30-,31+,37+,38-/m0/s1. The van der Waals surface area contributed by atoms with Crippen LogP contribution in [0.4, 0.5) is 29.3 Å². The van der Waals surface area contributed by atoms with Crippen molar-refractivity contribution >= 4 is 30.4 Å². The highest BCUT2D eigenvalue weighted by Gasteiger charge is 2.67. The Morgan fingerprint density at radius 1 is 1.06 bits per heavy atom. The van der Waals surface area contributed by atoms with Crippen molar-refractivity contribution in [3.8, 4) is 0 Å². The molecule has 3 heterocycles. The Labute approximate surface area is 313 Å². The number of rotatable bonds is 10. The first-order valence-electron chi connectivity index (χ1n) is 18.8. The van der Waals surface area contributed by atoms with Crippen molar-refractivity contribution in [3.05, 3.63) is 87.6 Å². The van der Waals surface area contributed by atoms with Gasteiger partial charge in [-0.05, 0) is 92.2 Å². The lowest BCUT2D eigenvalue weighted by molar-refractivity contribution is -0.185. The number of fused-ring (bicyclic) bond motifs is 1. The molecule has 7 atom stereocenters. The molecule has 15 heteroatoms. The van der Waals surface area contributed by atoms with E-state index in [4.69, 9.17) is 9.31 Å². The Morgan fingerprint density at radius 3 is 2.46 bits per heavy atom. The molecule has 2 aromatic carbocycles. The second-order valence-corrected chi connectivity index (χ2v) is 16.3. The zero-order valence-corrected chi connectivity index (χ0v) is 31.5. The minimum Gasteiger partial charge on any atom is -0.404 e. The number of aromatic nitrogens is 2. The second kappa shape index (κ2) is 13.7. The van der Waals surface area contributed by atoms with Gasteiger partial charge in [-0.25, -0.2) is 9.78 Å². The van der Waals surface area contributed by atoms with Crippen LogP contribution in [0.5, 0.6) is 0 Å². The number of hydrogen-bond donors (Lipinski definition) is 4. The number of benzene rings is 2. The molecule has 3 aromatic rings. The molecule has 2 bridgehead atoms. The number of halogens is 3. The number of aryl methyl sites for hydroxylation is 1. The van der Waals surface area contributed by atoms with E-state index in [0.29, 0.717) is 29.5 Å². The molecular formula is C39H48BF3N6O5. The molecule has 4 N–H and O–H groups in total. The molecule has 5 aliphatic rings. The Morgan fingerprint density at radius 2 is 1.80 bits per heavy atom. The van der Waals surface area contributed by atoms with E-state index in [1.54, 1.807) is 19.1 Å². The average molecular weight is 749 g/mol. The van der Waals surface area contributed by atoms with Crippen LogP contribution in [0.15, 0.2) is 59.5 Å². The van der Waals surface area contributed by atoms with Gasteiger partial charge in [-0.3, -0.25) is 14.2 Å². The number of alkyl halides is 3. The Kier molecular flexibility index (Phi) is 9.65. The van der Waals surface area contributed by atoms with Crippen LogP contribution in [-0.2, 0) is 38.8 Å². The maximum atomic E-state index is 14.3. The van der Waals surface area contributed by atoms with E-state index in [-0.39, 0.29) is 36.0 Å². The van der Waals surface area contributed by atoms with E-state index in [2.05, 4.69) is 47.0 Å². The summed E-state index contributed by atoms with van der Waals surface area (Å²) in [6.45, 7) is 12.2. The summed E-state index contributed by atoms with van der Waals surface area (Å²) in [7, 11) is -0.685. The smallest absolute Gasteiger partial charge is 0.404 e. The maximum Gasteiger partial charge on any atom is 0.481 e. The van der Waals surface area contributed by atoms with Crippen LogP contribution in [-0.4, -0.2) is 46.3 Å². The van der Waals surface area contributed by atoms with Crippen LogP contribution in [0.1, 0.15) is 95.8 Å². The first-order valence-corrected chi connectivity index (χ1v) is 18.8. The van der Waals surface area contributed by atoms with Gasteiger partial charge in [-0.1, -0.05) is 52.0 Å². The number of nitrogens with zero attached hydrogens (tertiary/aromatic N) is 2. The predicted molar refractivity (Wildman–Crippen MR) is 199 cm³/mol. The van der Waals surface area contributed by atoms with Gasteiger partial charge in [0.2, 0.25) is 5.91 Å². The van der Waals surface area contributed by atoms with Gasteiger partial charge in [0.15, 0.2) is 0 Å². The highest BCUT2D eigenvalue weighted by molar-refractivity contribution is 6.47. The molecule has 2 aliphatic heterocycles. The van der Waals surface area contributed by atoms with Crippen LogP contribution >= 0.6 is 0 Å². The highest BCUT2D eigenvalue weighted by atomic mass is 19.4. The molecule has 0 spiro atoms. The molecule has 288 valence electrons. The lowest BCUT2D eigenvalue weighted by atomic mass is 9.45. The Hall–Kier alpha value is -4.37. The SMILES string of the molecule is CCc1ccc(NC(=O)N[C@]2(C)C[C@@H](C(=O)N[C@@H](CC)B3O[C@@H]4C5CC(C[C@]4(C)O3)C5(C)C)n3c2ncc(NCc2cccc(C(F)(F)F)c2)c3=O)cc1. The van der Waals surface area contributed by atoms with Crippen LogP contribution in [0.3, 0.4) is 0 Å². The van der Waals surface area contributed by atoms with E-state index in [1.807, 2.05) is 26.0 Å². The zero-order valence-electron chi connectivity index (χ0n) is 31.5. The fourth-order valence-electron chi connectivity index (χ4n) is 9.02.